The summed E-state index contributed by atoms with van der Waals surface area (Å²) < 4.78 is 5.48. The fourth-order valence-electron chi connectivity index (χ4n) is 2.79. The molecule has 1 fully saturated rings. The number of hydrogen-bond acceptors (Lipinski definition) is 3. The Morgan fingerprint density at radius 1 is 1.37 bits per heavy atom. The van der Waals surface area contributed by atoms with Gasteiger partial charge in [0.1, 0.15) is 5.76 Å². The average Bonchev–Trinajstić information content (AvgIpc) is 3.09. The lowest BCUT2D eigenvalue weighted by Crippen LogP contribution is -2.18. The number of hydrogen-bond donors (Lipinski definition) is 2. The molecule has 0 aromatic carbocycles. The van der Waals surface area contributed by atoms with Crippen LogP contribution < -0.4 is 0 Å². The second-order valence-corrected chi connectivity index (χ2v) is 5.50. The van der Waals surface area contributed by atoms with Crippen LogP contribution in [0.2, 0.25) is 0 Å². The first-order valence-electron chi connectivity index (χ1n) is 6.83. The van der Waals surface area contributed by atoms with Crippen LogP contribution in [0, 0.1) is 11.8 Å². The van der Waals surface area contributed by atoms with E-state index in [1.807, 2.05) is 0 Å². The fraction of sp³-hybridized carbons (Fsp3) is 0.714. The zero-order chi connectivity index (χ0) is 14.0. The summed E-state index contributed by atoms with van der Waals surface area (Å²) in [4.78, 5) is 21.7. The van der Waals surface area contributed by atoms with Gasteiger partial charge in [0.2, 0.25) is 0 Å². The standard InChI is InChI=1S/C14H20O5/c1-8-5-6-11-13(19-11)10(8)7-9(14(17)18)3-2-4-12(15)16/h8-9,11H,2-7H2,1H3,(H,15,16)(H,17,18). The molecule has 3 unspecified atom stereocenters. The fourth-order valence-corrected chi connectivity index (χ4v) is 2.79. The van der Waals surface area contributed by atoms with Gasteiger partial charge in [-0.1, -0.05) is 6.92 Å². The summed E-state index contributed by atoms with van der Waals surface area (Å²) in [5.74, 6) is -0.818. The highest BCUT2D eigenvalue weighted by molar-refractivity contribution is 5.71. The quantitative estimate of drug-likeness (QED) is 0.692. The SMILES string of the molecule is CC1CCC2OC2=C1CC(CCCC(=O)O)C(=O)O. The molecule has 0 aromatic rings. The van der Waals surface area contributed by atoms with E-state index < -0.39 is 17.9 Å². The Labute approximate surface area is 112 Å². The molecule has 0 saturated carbocycles. The third-order valence-corrected chi connectivity index (χ3v) is 4.04. The predicted octanol–water partition coefficient (Wildman–Crippen LogP) is 2.41. The number of carboxylic acid groups (broad SMARTS) is 2. The van der Waals surface area contributed by atoms with Crippen LogP contribution in [0.3, 0.4) is 0 Å². The molecule has 19 heavy (non-hydrogen) atoms. The molecular formula is C14H20O5. The number of allylic oxidation sites excluding steroid dienone is 1. The molecule has 0 aromatic heterocycles. The highest BCUT2D eigenvalue weighted by atomic mass is 16.6. The maximum absolute atomic E-state index is 11.3. The number of aliphatic carboxylic acids is 2. The normalized spacial score (nSPS) is 26.4. The minimum absolute atomic E-state index is 0.0321. The Balaban J connectivity index is 1.93. The molecule has 2 aliphatic rings. The van der Waals surface area contributed by atoms with E-state index in [4.69, 9.17) is 9.84 Å². The van der Waals surface area contributed by atoms with Gasteiger partial charge in [0.15, 0.2) is 6.10 Å². The summed E-state index contributed by atoms with van der Waals surface area (Å²) in [5, 5.41) is 17.8. The van der Waals surface area contributed by atoms with Crippen molar-refractivity contribution in [2.45, 2.75) is 51.6 Å². The van der Waals surface area contributed by atoms with Crippen molar-refractivity contribution >= 4 is 11.9 Å². The van der Waals surface area contributed by atoms with Gasteiger partial charge >= 0.3 is 11.9 Å². The van der Waals surface area contributed by atoms with Crippen LogP contribution >= 0.6 is 0 Å². The molecule has 0 radical (unpaired) electrons. The van der Waals surface area contributed by atoms with Crippen LogP contribution in [0.1, 0.15) is 45.4 Å². The van der Waals surface area contributed by atoms with E-state index in [1.54, 1.807) is 0 Å². The maximum Gasteiger partial charge on any atom is 0.306 e. The third kappa shape index (κ3) is 3.49. The Kier molecular flexibility index (Phi) is 4.12. The lowest BCUT2D eigenvalue weighted by Gasteiger charge is -2.20. The molecule has 1 saturated heterocycles. The molecule has 0 amide bonds. The lowest BCUT2D eigenvalue weighted by molar-refractivity contribution is -0.143. The van der Waals surface area contributed by atoms with E-state index in [9.17, 15) is 14.7 Å². The van der Waals surface area contributed by atoms with Gasteiger partial charge < -0.3 is 14.9 Å². The smallest absolute Gasteiger partial charge is 0.306 e. The molecule has 3 atom stereocenters. The van der Waals surface area contributed by atoms with Crippen LogP contribution in [0.25, 0.3) is 0 Å². The van der Waals surface area contributed by atoms with Crippen molar-refractivity contribution in [1.29, 1.82) is 0 Å². The number of carboxylic acids is 2. The largest absolute Gasteiger partial charge is 0.483 e. The summed E-state index contributed by atoms with van der Waals surface area (Å²) in [6, 6.07) is 0. The Bertz CT molecular complexity index is 412. The first-order chi connectivity index (χ1) is 8.99. The van der Waals surface area contributed by atoms with E-state index in [1.165, 1.54) is 0 Å². The van der Waals surface area contributed by atoms with Gasteiger partial charge in [-0.2, -0.15) is 0 Å². The molecule has 1 aliphatic carbocycles. The van der Waals surface area contributed by atoms with Crippen LogP contribution in [0.5, 0.6) is 0 Å². The Hall–Kier alpha value is -1.52. The molecule has 2 rings (SSSR count). The Morgan fingerprint density at radius 2 is 2.11 bits per heavy atom. The average molecular weight is 268 g/mol. The molecule has 5 heteroatoms. The summed E-state index contributed by atoms with van der Waals surface area (Å²) >= 11 is 0. The number of epoxide rings is 1. The molecule has 1 heterocycles. The number of carbonyl (C=O) groups is 2. The van der Waals surface area contributed by atoms with Crippen molar-refractivity contribution in [1.82, 2.24) is 0 Å². The zero-order valence-corrected chi connectivity index (χ0v) is 11.1. The summed E-state index contributed by atoms with van der Waals surface area (Å²) in [6.07, 6.45) is 3.68. The van der Waals surface area contributed by atoms with Crippen LogP contribution in [-0.2, 0) is 14.3 Å². The van der Waals surface area contributed by atoms with Crippen molar-refractivity contribution in [3.05, 3.63) is 11.3 Å². The van der Waals surface area contributed by atoms with Crippen molar-refractivity contribution in [2.24, 2.45) is 11.8 Å². The molecule has 1 aliphatic heterocycles. The number of ether oxygens (including phenoxy) is 1. The minimum Gasteiger partial charge on any atom is -0.483 e. The van der Waals surface area contributed by atoms with Crippen LogP contribution in [0.15, 0.2) is 11.3 Å². The van der Waals surface area contributed by atoms with E-state index >= 15 is 0 Å². The van der Waals surface area contributed by atoms with Crippen LogP contribution in [0.4, 0.5) is 0 Å². The summed E-state index contributed by atoms with van der Waals surface area (Å²) in [7, 11) is 0. The van der Waals surface area contributed by atoms with E-state index in [0.717, 1.165) is 24.2 Å². The van der Waals surface area contributed by atoms with Gasteiger partial charge in [-0.3, -0.25) is 9.59 Å². The number of fused-ring (bicyclic) bond motifs is 1. The zero-order valence-electron chi connectivity index (χ0n) is 11.1. The predicted molar refractivity (Wildman–Crippen MR) is 67.5 cm³/mol. The molecule has 106 valence electrons. The lowest BCUT2D eigenvalue weighted by atomic mass is 9.82. The van der Waals surface area contributed by atoms with Gasteiger partial charge in [-0.15, -0.1) is 0 Å². The first-order valence-corrected chi connectivity index (χ1v) is 6.83. The van der Waals surface area contributed by atoms with Gasteiger partial charge in [0.25, 0.3) is 0 Å². The molecule has 5 nitrogen and oxygen atoms in total. The van der Waals surface area contributed by atoms with E-state index in [2.05, 4.69) is 6.92 Å². The second kappa shape index (κ2) is 5.63. The summed E-state index contributed by atoms with van der Waals surface area (Å²) in [6.45, 7) is 2.11. The Morgan fingerprint density at radius 3 is 2.74 bits per heavy atom. The molecule has 0 bridgehead atoms. The highest BCUT2D eigenvalue weighted by Crippen LogP contribution is 2.45. The molecular weight excluding hydrogens is 248 g/mol. The highest BCUT2D eigenvalue weighted by Gasteiger charge is 2.42. The van der Waals surface area contributed by atoms with Crippen molar-refractivity contribution < 1.29 is 24.5 Å². The van der Waals surface area contributed by atoms with E-state index in [-0.39, 0.29) is 12.5 Å². The van der Waals surface area contributed by atoms with Gasteiger partial charge in [-0.05, 0) is 43.6 Å². The first kappa shape index (κ1) is 13.9. The van der Waals surface area contributed by atoms with Crippen molar-refractivity contribution in [3.63, 3.8) is 0 Å². The topological polar surface area (TPSA) is 87.1 Å². The summed E-state index contributed by atoms with van der Waals surface area (Å²) in [5.41, 5.74) is 1.14. The minimum atomic E-state index is -0.872. The third-order valence-electron chi connectivity index (χ3n) is 4.04. The van der Waals surface area contributed by atoms with Gasteiger partial charge in [0.05, 0.1) is 5.92 Å². The number of rotatable bonds is 7. The van der Waals surface area contributed by atoms with Gasteiger partial charge in [-0.25, -0.2) is 0 Å². The molecule has 0 spiro atoms. The van der Waals surface area contributed by atoms with E-state index in [0.29, 0.717) is 25.2 Å². The maximum atomic E-state index is 11.3. The van der Waals surface area contributed by atoms with Gasteiger partial charge in [0, 0.05) is 6.42 Å². The van der Waals surface area contributed by atoms with Crippen molar-refractivity contribution in [2.75, 3.05) is 0 Å². The second-order valence-electron chi connectivity index (χ2n) is 5.50. The molecule has 2 N–H and O–H groups in total. The van der Waals surface area contributed by atoms with Crippen molar-refractivity contribution in [3.8, 4) is 0 Å². The monoisotopic (exact) mass is 268 g/mol. The van der Waals surface area contributed by atoms with Crippen LogP contribution in [-0.4, -0.2) is 28.3 Å².